The van der Waals surface area contributed by atoms with E-state index < -0.39 is 0 Å². The fourth-order valence-corrected chi connectivity index (χ4v) is 1.37. The SMILES string of the molecule is Cc1cc(Cl)nc(NC(=O)CCCCl)n1. The molecule has 0 spiro atoms. The number of anilines is 1. The Hall–Kier alpha value is -0.870. The highest BCUT2D eigenvalue weighted by molar-refractivity contribution is 6.29. The lowest BCUT2D eigenvalue weighted by atomic mass is 10.3. The molecule has 0 fully saturated rings. The van der Waals surface area contributed by atoms with Gasteiger partial charge in [0.1, 0.15) is 5.15 Å². The fraction of sp³-hybridized carbons (Fsp3) is 0.444. The van der Waals surface area contributed by atoms with E-state index >= 15 is 0 Å². The van der Waals surface area contributed by atoms with Gasteiger partial charge in [-0.1, -0.05) is 11.6 Å². The van der Waals surface area contributed by atoms with Gasteiger partial charge < -0.3 is 0 Å². The lowest BCUT2D eigenvalue weighted by molar-refractivity contribution is -0.116. The Kier molecular flexibility index (Phi) is 4.78. The minimum Gasteiger partial charge on any atom is -0.294 e. The minimum atomic E-state index is -0.155. The van der Waals surface area contributed by atoms with Gasteiger partial charge in [-0.25, -0.2) is 9.97 Å². The summed E-state index contributed by atoms with van der Waals surface area (Å²) in [6, 6.07) is 1.62. The van der Waals surface area contributed by atoms with Gasteiger partial charge in [0.15, 0.2) is 0 Å². The first kappa shape index (κ1) is 12.2. The number of hydrogen-bond donors (Lipinski definition) is 1. The normalized spacial score (nSPS) is 10.1. The van der Waals surface area contributed by atoms with Gasteiger partial charge >= 0.3 is 0 Å². The predicted molar refractivity (Wildman–Crippen MR) is 60.4 cm³/mol. The van der Waals surface area contributed by atoms with E-state index in [1.165, 1.54) is 0 Å². The van der Waals surface area contributed by atoms with Crippen LogP contribution in [0.3, 0.4) is 0 Å². The summed E-state index contributed by atoms with van der Waals surface area (Å²) in [6.07, 6.45) is 0.991. The molecule has 0 saturated heterocycles. The highest BCUT2D eigenvalue weighted by Crippen LogP contribution is 2.09. The first-order chi connectivity index (χ1) is 7.11. The predicted octanol–water partition coefficient (Wildman–Crippen LogP) is 2.40. The van der Waals surface area contributed by atoms with Crippen molar-refractivity contribution in [2.75, 3.05) is 11.2 Å². The van der Waals surface area contributed by atoms with Gasteiger partial charge in [0.2, 0.25) is 11.9 Å². The molecule has 1 heterocycles. The quantitative estimate of drug-likeness (QED) is 0.657. The number of amides is 1. The number of alkyl halides is 1. The Balaban J connectivity index is 2.60. The third kappa shape index (κ3) is 4.44. The lowest BCUT2D eigenvalue weighted by Crippen LogP contribution is -2.14. The van der Waals surface area contributed by atoms with Gasteiger partial charge in [0.05, 0.1) is 0 Å². The van der Waals surface area contributed by atoms with E-state index in [1.807, 2.05) is 0 Å². The molecule has 0 saturated carbocycles. The molecule has 6 heteroatoms. The summed E-state index contributed by atoms with van der Waals surface area (Å²) in [5.41, 5.74) is 0.711. The van der Waals surface area contributed by atoms with Crippen LogP contribution in [0, 0.1) is 6.92 Å². The van der Waals surface area contributed by atoms with Crippen molar-refractivity contribution in [2.45, 2.75) is 19.8 Å². The van der Waals surface area contributed by atoms with Crippen LogP contribution in [-0.2, 0) is 4.79 Å². The standard InChI is InChI=1S/C9H11Cl2N3O/c1-6-5-7(11)13-9(12-6)14-8(15)3-2-4-10/h5H,2-4H2,1H3,(H,12,13,14,15). The van der Waals surface area contributed by atoms with Crippen LogP contribution in [0.15, 0.2) is 6.07 Å². The molecule has 1 aromatic rings. The van der Waals surface area contributed by atoms with E-state index in [0.29, 0.717) is 29.6 Å². The number of aryl methyl sites for hydroxylation is 1. The molecule has 0 aromatic carbocycles. The molecule has 4 nitrogen and oxygen atoms in total. The Bertz CT molecular complexity index is 337. The summed E-state index contributed by atoms with van der Waals surface area (Å²) in [6.45, 7) is 1.78. The summed E-state index contributed by atoms with van der Waals surface area (Å²) in [5, 5.41) is 2.87. The summed E-state index contributed by atoms with van der Waals surface area (Å²) in [5.74, 6) is 0.542. The fourth-order valence-electron chi connectivity index (χ4n) is 1.00. The molecule has 0 aliphatic heterocycles. The second-order valence-corrected chi connectivity index (χ2v) is 3.76. The van der Waals surface area contributed by atoms with E-state index in [2.05, 4.69) is 15.3 Å². The van der Waals surface area contributed by atoms with E-state index in [0.717, 1.165) is 0 Å². The van der Waals surface area contributed by atoms with E-state index in [4.69, 9.17) is 23.2 Å². The van der Waals surface area contributed by atoms with Gasteiger partial charge in [0.25, 0.3) is 0 Å². The lowest BCUT2D eigenvalue weighted by Gasteiger charge is -2.03. The second-order valence-electron chi connectivity index (χ2n) is 3.00. The molecule has 82 valence electrons. The van der Waals surface area contributed by atoms with Crippen molar-refractivity contribution in [3.05, 3.63) is 16.9 Å². The monoisotopic (exact) mass is 247 g/mol. The molecule has 15 heavy (non-hydrogen) atoms. The van der Waals surface area contributed by atoms with Crippen molar-refractivity contribution in [1.29, 1.82) is 0 Å². The van der Waals surface area contributed by atoms with Gasteiger partial charge in [-0.05, 0) is 19.4 Å². The molecule has 0 radical (unpaired) electrons. The Labute approximate surface area is 98.0 Å². The molecular weight excluding hydrogens is 237 g/mol. The van der Waals surface area contributed by atoms with Gasteiger partial charge in [-0.2, -0.15) is 0 Å². The molecule has 1 amide bonds. The summed E-state index contributed by atoms with van der Waals surface area (Å²) in [7, 11) is 0. The molecule has 1 N–H and O–H groups in total. The number of aromatic nitrogens is 2. The highest BCUT2D eigenvalue weighted by atomic mass is 35.5. The molecular formula is C9H11Cl2N3O. The zero-order chi connectivity index (χ0) is 11.3. The average Bonchev–Trinajstić information content (AvgIpc) is 2.13. The van der Waals surface area contributed by atoms with Crippen molar-refractivity contribution >= 4 is 35.1 Å². The molecule has 1 aromatic heterocycles. The number of halogens is 2. The number of rotatable bonds is 4. The van der Waals surface area contributed by atoms with Gasteiger partial charge in [-0.15, -0.1) is 11.6 Å². The van der Waals surface area contributed by atoms with Crippen molar-refractivity contribution < 1.29 is 4.79 Å². The van der Waals surface area contributed by atoms with Gasteiger partial charge in [-0.3, -0.25) is 10.1 Å². The van der Waals surface area contributed by atoms with Crippen LogP contribution in [0.4, 0.5) is 5.95 Å². The van der Waals surface area contributed by atoms with Crippen LogP contribution < -0.4 is 5.32 Å². The summed E-state index contributed by atoms with van der Waals surface area (Å²) >= 11 is 11.2. The maximum absolute atomic E-state index is 11.3. The number of nitrogens with one attached hydrogen (secondary N) is 1. The Morgan fingerprint density at radius 3 is 2.87 bits per heavy atom. The first-order valence-electron chi connectivity index (χ1n) is 4.49. The van der Waals surface area contributed by atoms with Gasteiger partial charge in [0, 0.05) is 18.0 Å². The van der Waals surface area contributed by atoms with Crippen LogP contribution in [0.1, 0.15) is 18.5 Å². The first-order valence-corrected chi connectivity index (χ1v) is 5.40. The minimum absolute atomic E-state index is 0.155. The molecule has 0 atom stereocenters. The van der Waals surface area contributed by atoms with E-state index in [-0.39, 0.29) is 11.9 Å². The number of carbonyl (C=O) groups excluding carboxylic acids is 1. The van der Waals surface area contributed by atoms with Crippen LogP contribution in [0.2, 0.25) is 5.15 Å². The zero-order valence-electron chi connectivity index (χ0n) is 8.26. The highest BCUT2D eigenvalue weighted by Gasteiger charge is 2.05. The smallest absolute Gasteiger partial charge is 0.231 e. The van der Waals surface area contributed by atoms with Crippen molar-refractivity contribution in [3.63, 3.8) is 0 Å². The number of carbonyl (C=O) groups is 1. The number of nitrogens with zero attached hydrogens (tertiary/aromatic N) is 2. The largest absolute Gasteiger partial charge is 0.294 e. The second kappa shape index (κ2) is 5.88. The topological polar surface area (TPSA) is 54.9 Å². The van der Waals surface area contributed by atoms with E-state index in [1.54, 1.807) is 13.0 Å². The summed E-state index contributed by atoms with van der Waals surface area (Å²) in [4.78, 5) is 19.2. The zero-order valence-corrected chi connectivity index (χ0v) is 9.77. The molecule has 0 aliphatic carbocycles. The van der Waals surface area contributed by atoms with Crippen molar-refractivity contribution in [3.8, 4) is 0 Å². The van der Waals surface area contributed by atoms with Crippen LogP contribution in [0.5, 0.6) is 0 Å². The third-order valence-electron chi connectivity index (χ3n) is 1.61. The molecule has 0 bridgehead atoms. The Morgan fingerprint density at radius 2 is 2.27 bits per heavy atom. The van der Waals surface area contributed by atoms with Crippen molar-refractivity contribution in [1.82, 2.24) is 9.97 Å². The number of hydrogen-bond acceptors (Lipinski definition) is 3. The maximum atomic E-state index is 11.3. The molecule has 0 aliphatic rings. The van der Waals surface area contributed by atoms with Crippen LogP contribution in [-0.4, -0.2) is 21.8 Å². The average molecular weight is 248 g/mol. The third-order valence-corrected chi connectivity index (χ3v) is 2.07. The molecule has 0 unspecified atom stereocenters. The van der Waals surface area contributed by atoms with Crippen LogP contribution in [0.25, 0.3) is 0 Å². The van der Waals surface area contributed by atoms with E-state index in [9.17, 15) is 4.79 Å². The maximum Gasteiger partial charge on any atom is 0.231 e. The summed E-state index contributed by atoms with van der Waals surface area (Å²) < 4.78 is 0. The van der Waals surface area contributed by atoms with Crippen LogP contribution >= 0.6 is 23.2 Å². The van der Waals surface area contributed by atoms with Crippen molar-refractivity contribution in [2.24, 2.45) is 0 Å². The molecule has 1 rings (SSSR count). The Morgan fingerprint density at radius 1 is 1.53 bits per heavy atom.